The zero-order valence-electron chi connectivity index (χ0n) is 12.2. The molecule has 0 saturated carbocycles. The van der Waals surface area contributed by atoms with E-state index in [-0.39, 0.29) is 5.56 Å². The summed E-state index contributed by atoms with van der Waals surface area (Å²) in [5.74, 6) is -0.398. The molecule has 0 saturated heterocycles. The van der Waals surface area contributed by atoms with Gasteiger partial charge in [0.25, 0.3) is 5.56 Å². The summed E-state index contributed by atoms with van der Waals surface area (Å²) in [7, 11) is 0. The smallest absolute Gasteiger partial charge is 0.328 e. The molecule has 6 heteroatoms. The highest BCUT2D eigenvalue weighted by Gasteiger charge is 2.23. The fraction of sp³-hybridized carbons (Fsp3) is 0.533. The average Bonchev–Trinajstić information content (AvgIpc) is 2.86. The van der Waals surface area contributed by atoms with Crippen LogP contribution in [0.25, 0.3) is 10.2 Å². The molecule has 1 atom stereocenters. The summed E-state index contributed by atoms with van der Waals surface area (Å²) in [5.41, 5.74) is 1.02. The summed E-state index contributed by atoms with van der Waals surface area (Å²) in [6, 6.07) is -0.645. The number of ether oxygens (including phenoxy) is 1. The van der Waals surface area contributed by atoms with Gasteiger partial charge in [-0.05, 0) is 45.1 Å². The molecule has 0 bridgehead atoms. The minimum absolute atomic E-state index is 0.125. The van der Waals surface area contributed by atoms with Crippen molar-refractivity contribution in [1.29, 1.82) is 0 Å². The first-order valence-electron chi connectivity index (χ1n) is 7.31. The number of rotatable bonds is 3. The number of carbonyl (C=O) groups excluding carboxylic acids is 1. The van der Waals surface area contributed by atoms with Gasteiger partial charge in [0, 0.05) is 4.88 Å². The Morgan fingerprint density at radius 1 is 1.48 bits per heavy atom. The van der Waals surface area contributed by atoms with Crippen LogP contribution in [0.4, 0.5) is 0 Å². The van der Waals surface area contributed by atoms with Crippen molar-refractivity contribution in [1.82, 2.24) is 9.55 Å². The van der Waals surface area contributed by atoms with E-state index in [0.717, 1.165) is 29.7 Å². The standard InChI is InChI=1S/C15H18N2O3S/c1-3-20-15(19)9(2)17-8-16-13-12(14(17)18)10-6-4-5-7-11(10)21-13/h8-9H,3-7H2,1-2H3. The lowest BCUT2D eigenvalue weighted by Crippen LogP contribution is -2.29. The molecule has 1 aliphatic carbocycles. The van der Waals surface area contributed by atoms with E-state index >= 15 is 0 Å². The van der Waals surface area contributed by atoms with E-state index in [1.54, 1.807) is 25.2 Å². The molecule has 1 aliphatic rings. The van der Waals surface area contributed by atoms with Gasteiger partial charge in [0.2, 0.25) is 0 Å². The number of aryl methyl sites for hydroxylation is 2. The third-order valence-corrected chi connectivity index (χ3v) is 5.15. The van der Waals surface area contributed by atoms with Crippen LogP contribution in [0, 0.1) is 0 Å². The van der Waals surface area contributed by atoms with Crippen molar-refractivity contribution < 1.29 is 9.53 Å². The van der Waals surface area contributed by atoms with Crippen molar-refractivity contribution in [3.63, 3.8) is 0 Å². The Bertz CT molecular complexity index is 747. The van der Waals surface area contributed by atoms with E-state index in [1.165, 1.54) is 22.2 Å². The summed E-state index contributed by atoms with van der Waals surface area (Å²) in [6.45, 7) is 3.73. The second kappa shape index (κ2) is 5.60. The number of hydrogen-bond donors (Lipinski definition) is 0. The number of nitrogens with zero attached hydrogens (tertiary/aromatic N) is 2. The van der Waals surface area contributed by atoms with Gasteiger partial charge in [-0.3, -0.25) is 9.36 Å². The third-order valence-electron chi connectivity index (χ3n) is 3.95. The van der Waals surface area contributed by atoms with Gasteiger partial charge in [-0.25, -0.2) is 9.78 Å². The summed E-state index contributed by atoms with van der Waals surface area (Å²) in [5, 5.41) is 0.702. The first kappa shape index (κ1) is 14.3. The molecule has 0 aromatic carbocycles. The van der Waals surface area contributed by atoms with Gasteiger partial charge in [-0.1, -0.05) is 0 Å². The molecule has 2 aromatic rings. The molecule has 3 rings (SSSR count). The normalized spacial score (nSPS) is 15.7. The molecule has 112 valence electrons. The van der Waals surface area contributed by atoms with Crippen molar-refractivity contribution in [2.24, 2.45) is 0 Å². The van der Waals surface area contributed by atoms with Crippen molar-refractivity contribution in [3.05, 3.63) is 27.1 Å². The van der Waals surface area contributed by atoms with Gasteiger partial charge in [-0.2, -0.15) is 0 Å². The van der Waals surface area contributed by atoms with Crippen molar-refractivity contribution >= 4 is 27.5 Å². The maximum atomic E-state index is 12.7. The van der Waals surface area contributed by atoms with Crippen molar-refractivity contribution in [2.45, 2.75) is 45.6 Å². The fourth-order valence-electron chi connectivity index (χ4n) is 2.81. The lowest BCUT2D eigenvalue weighted by Gasteiger charge is -2.14. The van der Waals surface area contributed by atoms with Crippen LogP contribution in [-0.2, 0) is 22.4 Å². The van der Waals surface area contributed by atoms with Crippen LogP contribution < -0.4 is 5.56 Å². The van der Waals surface area contributed by atoms with Crippen LogP contribution >= 0.6 is 11.3 Å². The third kappa shape index (κ3) is 2.37. The van der Waals surface area contributed by atoms with Gasteiger partial charge in [-0.15, -0.1) is 11.3 Å². The zero-order valence-corrected chi connectivity index (χ0v) is 13.0. The van der Waals surface area contributed by atoms with Crippen LogP contribution in [0.5, 0.6) is 0 Å². The number of esters is 1. The summed E-state index contributed by atoms with van der Waals surface area (Å²) in [6.07, 6.45) is 5.72. The van der Waals surface area contributed by atoms with E-state index in [9.17, 15) is 9.59 Å². The molecule has 0 aliphatic heterocycles. The Balaban J connectivity index is 2.11. The Morgan fingerprint density at radius 2 is 2.24 bits per heavy atom. The minimum Gasteiger partial charge on any atom is -0.464 e. The quantitative estimate of drug-likeness (QED) is 0.817. The molecule has 0 fully saturated rings. The van der Waals surface area contributed by atoms with Crippen LogP contribution in [0.3, 0.4) is 0 Å². The van der Waals surface area contributed by atoms with Crippen LogP contribution in [0.1, 0.15) is 43.2 Å². The topological polar surface area (TPSA) is 61.2 Å². The Labute approximate surface area is 126 Å². The monoisotopic (exact) mass is 306 g/mol. The average molecular weight is 306 g/mol. The lowest BCUT2D eigenvalue weighted by atomic mass is 9.97. The first-order chi connectivity index (χ1) is 10.1. The lowest BCUT2D eigenvalue weighted by molar-refractivity contribution is -0.146. The fourth-order valence-corrected chi connectivity index (χ4v) is 4.03. The maximum Gasteiger partial charge on any atom is 0.328 e. The number of fused-ring (bicyclic) bond motifs is 3. The molecule has 2 heterocycles. The van der Waals surface area contributed by atoms with Gasteiger partial charge >= 0.3 is 5.97 Å². The second-order valence-corrected chi connectivity index (χ2v) is 6.36. The summed E-state index contributed by atoms with van der Waals surface area (Å²) < 4.78 is 6.39. The minimum atomic E-state index is -0.645. The number of carbonyl (C=O) groups is 1. The van der Waals surface area contributed by atoms with Crippen LogP contribution in [0.15, 0.2) is 11.1 Å². The molecule has 0 spiro atoms. The molecule has 0 N–H and O–H groups in total. The molecule has 2 aromatic heterocycles. The van der Waals surface area contributed by atoms with Gasteiger partial charge in [0.05, 0.1) is 18.3 Å². The summed E-state index contributed by atoms with van der Waals surface area (Å²) in [4.78, 5) is 31.0. The number of hydrogen-bond acceptors (Lipinski definition) is 5. The number of aromatic nitrogens is 2. The zero-order chi connectivity index (χ0) is 15.0. The molecular formula is C15H18N2O3S. The predicted molar refractivity (Wildman–Crippen MR) is 81.9 cm³/mol. The van der Waals surface area contributed by atoms with Crippen LogP contribution in [-0.4, -0.2) is 22.1 Å². The summed E-state index contributed by atoms with van der Waals surface area (Å²) >= 11 is 1.61. The number of thiophene rings is 1. The van der Waals surface area contributed by atoms with E-state index < -0.39 is 12.0 Å². The van der Waals surface area contributed by atoms with Crippen LogP contribution in [0.2, 0.25) is 0 Å². The van der Waals surface area contributed by atoms with E-state index in [0.29, 0.717) is 12.0 Å². The first-order valence-corrected chi connectivity index (χ1v) is 8.13. The van der Waals surface area contributed by atoms with E-state index in [2.05, 4.69) is 4.98 Å². The molecular weight excluding hydrogens is 288 g/mol. The predicted octanol–water partition coefficient (Wildman–Crippen LogP) is 2.46. The Morgan fingerprint density at radius 3 is 3.00 bits per heavy atom. The highest BCUT2D eigenvalue weighted by Crippen LogP contribution is 2.33. The molecule has 5 nitrogen and oxygen atoms in total. The van der Waals surface area contributed by atoms with E-state index in [4.69, 9.17) is 4.74 Å². The molecule has 21 heavy (non-hydrogen) atoms. The highest BCUT2D eigenvalue weighted by molar-refractivity contribution is 7.18. The van der Waals surface area contributed by atoms with Crippen molar-refractivity contribution in [2.75, 3.05) is 6.61 Å². The Hall–Kier alpha value is -1.69. The largest absolute Gasteiger partial charge is 0.464 e. The SMILES string of the molecule is CCOC(=O)C(C)n1cnc2sc3c(c2c1=O)CCCC3. The van der Waals surface area contributed by atoms with Crippen molar-refractivity contribution in [3.8, 4) is 0 Å². The molecule has 1 unspecified atom stereocenters. The highest BCUT2D eigenvalue weighted by atomic mass is 32.1. The van der Waals surface area contributed by atoms with Gasteiger partial charge in [0.1, 0.15) is 10.9 Å². The second-order valence-electron chi connectivity index (χ2n) is 5.28. The van der Waals surface area contributed by atoms with Gasteiger partial charge in [0.15, 0.2) is 0 Å². The molecule has 0 amide bonds. The Kier molecular flexibility index (Phi) is 3.80. The maximum absolute atomic E-state index is 12.7. The van der Waals surface area contributed by atoms with E-state index in [1.807, 2.05) is 0 Å². The van der Waals surface area contributed by atoms with Gasteiger partial charge < -0.3 is 4.74 Å². The molecule has 0 radical (unpaired) electrons.